The van der Waals surface area contributed by atoms with E-state index in [-0.39, 0.29) is 23.5 Å². The lowest BCUT2D eigenvalue weighted by Crippen LogP contribution is -2.41. The number of carbonyl (C=O) groups is 1. The number of fused-ring (bicyclic) bond motifs is 1. The molecule has 0 spiro atoms. The van der Waals surface area contributed by atoms with E-state index < -0.39 is 17.0 Å². The van der Waals surface area contributed by atoms with Crippen molar-refractivity contribution in [3.63, 3.8) is 0 Å². The SMILES string of the molecule is CC(C)(C)NC(=O)c1nc2c(nnn2Cc2ccccc2Cl)c(=O)[nH]1. The van der Waals surface area contributed by atoms with Gasteiger partial charge in [0, 0.05) is 10.6 Å². The van der Waals surface area contributed by atoms with Gasteiger partial charge in [-0.1, -0.05) is 35.0 Å². The van der Waals surface area contributed by atoms with Gasteiger partial charge in [0.15, 0.2) is 11.2 Å². The van der Waals surface area contributed by atoms with E-state index in [0.717, 1.165) is 5.56 Å². The molecule has 0 unspecified atom stereocenters. The zero-order valence-electron chi connectivity index (χ0n) is 14.0. The van der Waals surface area contributed by atoms with Crippen LogP contribution in [0.4, 0.5) is 0 Å². The molecule has 0 bridgehead atoms. The molecule has 2 N–H and O–H groups in total. The van der Waals surface area contributed by atoms with E-state index in [1.807, 2.05) is 39.0 Å². The molecule has 3 aromatic rings. The number of H-pyrrole nitrogens is 1. The van der Waals surface area contributed by atoms with E-state index in [1.54, 1.807) is 6.07 Å². The second kappa shape index (κ2) is 6.29. The fraction of sp³-hybridized carbons (Fsp3) is 0.312. The van der Waals surface area contributed by atoms with Crippen molar-refractivity contribution in [3.8, 4) is 0 Å². The average Bonchev–Trinajstić information content (AvgIpc) is 2.91. The number of hydrogen-bond acceptors (Lipinski definition) is 5. The third-order valence-electron chi connectivity index (χ3n) is 3.36. The van der Waals surface area contributed by atoms with Crippen molar-refractivity contribution in [2.24, 2.45) is 0 Å². The van der Waals surface area contributed by atoms with Crippen LogP contribution in [0.1, 0.15) is 37.0 Å². The third-order valence-corrected chi connectivity index (χ3v) is 3.72. The molecule has 0 radical (unpaired) electrons. The minimum atomic E-state index is -0.519. The first-order chi connectivity index (χ1) is 11.7. The summed E-state index contributed by atoms with van der Waals surface area (Å²) in [7, 11) is 0. The van der Waals surface area contributed by atoms with Gasteiger partial charge in [0.25, 0.3) is 11.5 Å². The van der Waals surface area contributed by atoms with Crippen LogP contribution in [0.2, 0.25) is 5.02 Å². The summed E-state index contributed by atoms with van der Waals surface area (Å²) >= 11 is 6.16. The maximum absolute atomic E-state index is 12.3. The Kier molecular flexibility index (Phi) is 4.30. The number of aromatic nitrogens is 5. The number of nitrogens with zero attached hydrogens (tertiary/aromatic N) is 4. The summed E-state index contributed by atoms with van der Waals surface area (Å²) in [5.74, 6) is -0.563. The summed E-state index contributed by atoms with van der Waals surface area (Å²) in [4.78, 5) is 31.1. The second-order valence-electron chi connectivity index (χ2n) is 6.63. The minimum Gasteiger partial charge on any atom is -0.345 e. The van der Waals surface area contributed by atoms with Crippen molar-refractivity contribution in [1.82, 2.24) is 30.3 Å². The molecule has 25 heavy (non-hydrogen) atoms. The Morgan fingerprint density at radius 3 is 2.72 bits per heavy atom. The maximum atomic E-state index is 12.3. The number of hydrogen-bond donors (Lipinski definition) is 2. The van der Waals surface area contributed by atoms with Crippen molar-refractivity contribution in [2.75, 3.05) is 0 Å². The Morgan fingerprint density at radius 2 is 2.04 bits per heavy atom. The fourth-order valence-electron chi connectivity index (χ4n) is 2.27. The monoisotopic (exact) mass is 360 g/mol. The lowest BCUT2D eigenvalue weighted by atomic mass is 10.1. The van der Waals surface area contributed by atoms with Gasteiger partial charge in [-0.3, -0.25) is 9.59 Å². The van der Waals surface area contributed by atoms with Gasteiger partial charge in [0.2, 0.25) is 5.82 Å². The average molecular weight is 361 g/mol. The highest BCUT2D eigenvalue weighted by Gasteiger charge is 2.20. The molecule has 0 fully saturated rings. The first-order valence-electron chi connectivity index (χ1n) is 7.64. The molecule has 1 aromatic carbocycles. The molecular weight excluding hydrogens is 344 g/mol. The highest BCUT2D eigenvalue weighted by atomic mass is 35.5. The van der Waals surface area contributed by atoms with E-state index in [4.69, 9.17) is 11.6 Å². The van der Waals surface area contributed by atoms with E-state index >= 15 is 0 Å². The van der Waals surface area contributed by atoms with Crippen molar-refractivity contribution in [3.05, 3.63) is 51.0 Å². The summed E-state index contributed by atoms with van der Waals surface area (Å²) in [5.41, 5.74) is 0.121. The summed E-state index contributed by atoms with van der Waals surface area (Å²) in [6.07, 6.45) is 0. The first-order valence-corrected chi connectivity index (χ1v) is 8.02. The zero-order valence-corrected chi connectivity index (χ0v) is 14.8. The smallest absolute Gasteiger partial charge is 0.287 e. The predicted molar refractivity (Wildman–Crippen MR) is 93.7 cm³/mol. The minimum absolute atomic E-state index is 0.0689. The van der Waals surface area contributed by atoms with Gasteiger partial charge in [0.1, 0.15) is 0 Å². The molecule has 0 saturated heterocycles. The number of rotatable bonds is 3. The summed E-state index contributed by atoms with van der Waals surface area (Å²) < 4.78 is 1.44. The largest absolute Gasteiger partial charge is 0.345 e. The number of nitrogens with one attached hydrogen (secondary N) is 2. The Morgan fingerprint density at radius 1 is 1.32 bits per heavy atom. The Hall–Kier alpha value is -2.74. The summed E-state index contributed by atoms with van der Waals surface area (Å²) in [6, 6.07) is 7.28. The van der Waals surface area contributed by atoms with Gasteiger partial charge >= 0.3 is 0 Å². The van der Waals surface area contributed by atoms with Crippen LogP contribution in [0.15, 0.2) is 29.1 Å². The highest BCUT2D eigenvalue weighted by molar-refractivity contribution is 6.31. The Bertz CT molecular complexity index is 1000. The van der Waals surface area contributed by atoms with Gasteiger partial charge in [0.05, 0.1) is 6.54 Å². The van der Waals surface area contributed by atoms with Crippen molar-refractivity contribution in [1.29, 1.82) is 0 Å². The molecule has 1 amide bonds. The van der Waals surface area contributed by atoms with Crippen LogP contribution in [0.25, 0.3) is 11.2 Å². The van der Waals surface area contributed by atoms with Gasteiger partial charge < -0.3 is 10.3 Å². The van der Waals surface area contributed by atoms with Crippen LogP contribution in [0.5, 0.6) is 0 Å². The molecule has 0 aliphatic rings. The second-order valence-corrected chi connectivity index (χ2v) is 7.04. The summed E-state index contributed by atoms with van der Waals surface area (Å²) in [5, 5.41) is 11.1. The number of carbonyl (C=O) groups excluding carboxylic acids is 1. The van der Waals surface area contributed by atoms with Crippen LogP contribution in [-0.4, -0.2) is 36.4 Å². The highest BCUT2D eigenvalue weighted by Crippen LogP contribution is 2.17. The lowest BCUT2D eigenvalue weighted by molar-refractivity contribution is 0.0909. The maximum Gasteiger partial charge on any atom is 0.287 e. The first kappa shape index (κ1) is 17.1. The van der Waals surface area contributed by atoms with Crippen molar-refractivity contribution in [2.45, 2.75) is 32.9 Å². The fourth-order valence-corrected chi connectivity index (χ4v) is 2.46. The quantitative estimate of drug-likeness (QED) is 0.740. The van der Waals surface area contributed by atoms with Crippen LogP contribution in [-0.2, 0) is 6.54 Å². The predicted octanol–water partition coefficient (Wildman–Crippen LogP) is 1.74. The van der Waals surface area contributed by atoms with Crippen molar-refractivity contribution >= 4 is 28.7 Å². The van der Waals surface area contributed by atoms with Crippen molar-refractivity contribution < 1.29 is 4.79 Å². The van der Waals surface area contributed by atoms with E-state index in [0.29, 0.717) is 5.02 Å². The van der Waals surface area contributed by atoms with Gasteiger partial charge in [-0.15, -0.1) is 5.10 Å². The Balaban J connectivity index is 2.03. The van der Waals surface area contributed by atoms with E-state index in [9.17, 15) is 9.59 Å². The number of amides is 1. The molecule has 2 heterocycles. The molecule has 0 atom stereocenters. The van der Waals surface area contributed by atoms with Crippen LogP contribution in [0, 0.1) is 0 Å². The number of benzene rings is 1. The zero-order chi connectivity index (χ0) is 18.2. The standard InChI is InChI=1S/C16H17ClN6O2/c1-16(2,3)20-15(25)12-18-13-11(14(24)19-12)21-22-23(13)8-9-6-4-5-7-10(9)17/h4-7H,8H2,1-3H3,(H,20,25)(H,18,19,24). The molecule has 0 saturated carbocycles. The molecule has 130 valence electrons. The van der Waals surface area contributed by atoms with E-state index in [1.165, 1.54) is 4.68 Å². The molecular formula is C16H17ClN6O2. The topological polar surface area (TPSA) is 106 Å². The van der Waals surface area contributed by atoms with Crippen LogP contribution >= 0.6 is 11.6 Å². The normalized spacial score (nSPS) is 11.7. The molecule has 2 aromatic heterocycles. The van der Waals surface area contributed by atoms with Gasteiger partial charge in [-0.05, 0) is 32.4 Å². The molecule has 0 aliphatic heterocycles. The lowest BCUT2D eigenvalue weighted by Gasteiger charge is -2.19. The molecule has 0 aliphatic carbocycles. The molecule has 8 nitrogen and oxygen atoms in total. The van der Waals surface area contributed by atoms with Crippen LogP contribution in [0.3, 0.4) is 0 Å². The summed E-state index contributed by atoms with van der Waals surface area (Å²) in [6.45, 7) is 5.80. The molecule has 3 rings (SSSR count). The third kappa shape index (κ3) is 3.69. The molecule has 9 heteroatoms. The van der Waals surface area contributed by atoms with Gasteiger partial charge in [-0.25, -0.2) is 9.67 Å². The van der Waals surface area contributed by atoms with Gasteiger partial charge in [-0.2, -0.15) is 0 Å². The number of aromatic amines is 1. The van der Waals surface area contributed by atoms with E-state index in [2.05, 4.69) is 25.6 Å². The van der Waals surface area contributed by atoms with Crippen LogP contribution < -0.4 is 10.9 Å². The number of halogens is 1. The Labute approximate surface area is 148 Å².